The minimum Gasteiger partial charge on any atom is -0.375 e. The molecule has 1 amide bonds. The summed E-state index contributed by atoms with van der Waals surface area (Å²) in [6.45, 7) is 6.23. The molecule has 4 nitrogen and oxygen atoms in total. The van der Waals surface area contributed by atoms with Crippen LogP contribution in [0.1, 0.15) is 39.5 Å². The highest BCUT2D eigenvalue weighted by Gasteiger charge is 2.26. The van der Waals surface area contributed by atoms with E-state index in [1.807, 2.05) is 11.8 Å². The van der Waals surface area contributed by atoms with Gasteiger partial charge in [0.15, 0.2) is 0 Å². The molecule has 1 heterocycles. The Morgan fingerprint density at radius 3 is 2.88 bits per heavy atom. The first-order chi connectivity index (χ1) is 7.69. The maximum absolute atomic E-state index is 12.0. The molecule has 0 aromatic heterocycles. The summed E-state index contributed by atoms with van der Waals surface area (Å²) in [7, 11) is 0. The molecule has 0 aliphatic carbocycles. The molecule has 4 heteroatoms. The highest BCUT2D eigenvalue weighted by atomic mass is 16.5. The number of carbonyl (C=O) groups is 1. The SMILES string of the molecule is CCCC1CN(C(=O)C(N)CCC)CCO1. The van der Waals surface area contributed by atoms with Crippen molar-refractivity contribution in [3.05, 3.63) is 0 Å². The minimum atomic E-state index is -0.328. The number of hydrogen-bond donors (Lipinski definition) is 1. The molecule has 16 heavy (non-hydrogen) atoms. The average molecular weight is 228 g/mol. The molecule has 94 valence electrons. The third-order valence-corrected chi connectivity index (χ3v) is 2.98. The van der Waals surface area contributed by atoms with Crippen LogP contribution in [-0.2, 0) is 9.53 Å². The number of nitrogens with zero attached hydrogens (tertiary/aromatic N) is 1. The Kier molecular flexibility index (Phi) is 5.77. The maximum atomic E-state index is 12.0. The van der Waals surface area contributed by atoms with E-state index in [0.717, 1.165) is 25.7 Å². The lowest BCUT2D eigenvalue weighted by atomic mass is 10.1. The summed E-state index contributed by atoms with van der Waals surface area (Å²) in [5.74, 6) is 0.0891. The van der Waals surface area contributed by atoms with E-state index >= 15 is 0 Å². The largest absolute Gasteiger partial charge is 0.375 e. The van der Waals surface area contributed by atoms with Crippen molar-refractivity contribution in [2.24, 2.45) is 5.73 Å². The van der Waals surface area contributed by atoms with Crippen LogP contribution in [0.15, 0.2) is 0 Å². The lowest BCUT2D eigenvalue weighted by Gasteiger charge is -2.34. The summed E-state index contributed by atoms with van der Waals surface area (Å²) in [6.07, 6.45) is 4.04. The van der Waals surface area contributed by atoms with E-state index in [1.165, 1.54) is 0 Å². The van der Waals surface area contributed by atoms with Crippen LogP contribution in [0.3, 0.4) is 0 Å². The molecule has 1 saturated heterocycles. The minimum absolute atomic E-state index is 0.0891. The van der Waals surface area contributed by atoms with Crippen molar-refractivity contribution in [2.45, 2.75) is 51.7 Å². The average Bonchev–Trinajstić information content (AvgIpc) is 2.29. The third-order valence-electron chi connectivity index (χ3n) is 2.98. The molecule has 0 radical (unpaired) electrons. The van der Waals surface area contributed by atoms with E-state index in [2.05, 4.69) is 6.92 Å². The molecule has 2 unspecified atom stereocenters. The van der Waals surface area contributed by atoms with Crippen molar-refractivity contribution in [1.82, 2.24) is 4.90 Å². The Labute approximate surface area is 98.1 Å². The first-order valence-corrected chi connectivity index (χ1v) is 6.35. The second-order valence-electron chi connectivity index (χ2n) is 4.46. The molecule has 0 aromatic rings. The molecule has 0 spiro atoms. The van der Waals surface area contributed by atoms with Gasteiger partial charge in [-0.05, 0) is 12.8 Å². The number of hydrogen-bond acceptors (Lipinski definition) is 3. The van der Waals surface area contributed by atoms with Gasteiger partial charge in [-0.1, -0.05) is 26.7 Å². The Morgan fingerprint density at radius 1 is 1.50 bits per heavy atom. The molecule has 2 atom stereocenters. The normalized spacial score (nSPS) is 23.2. The van der Waals surface area contributed by atoms with Crippen molar-refractivity contribution in [3.8, 4) is 0 Å². The number of rotatable bonds is 5. The fraction of sp³-hybridized carbons (Fsp3) is 0.917. The van der Waals surface area contributed by atoms with Crippen molar-refractivity contribution >= 4 is 5.91 Å². The number of amides is 1. The van der Waals surface area contributed by atoms with Crippen LogP contribution in [0.4, 0.5) is 0 Å². The lowest BCUT2D eigenvalue weighted by Crippen LogP contribution is -2.51. The number of ether oxygens (including phenoxy) is 1. The Bertz CT molecular complexity index is 219. The van der Waals surface area contributed by atoms with E-state index in [0.29, 0.717) is 19.7 Å². The lowest BCUT2D eigenvalue weighted by molar-refractivity contribution is -0.140. The Morgan fingerprint density at radius 2 is 2.25 bits per heavy atom. The summed E-state index contributed by atoms with van der Waals surface area (Å²) in [6, 6.07) is -0.328. The van der Waals surface area contributed by atoms with Gasteiger partial charge in [0.25, 0.3) is 0 Å². The topological polar surface area (TPSA) is 55.6 Å². The zero-order valence-electron chi connectivity index (χ0n) is 10.4. The summed E-state index contributed by atoms with van der Waals surface area (Å²) in [5, 5.41) is 0. The second-order valence-corrected chi connectivity index (χ2v) is 4.46. The standard InChI is InChI=1S/C12H24N2O2/c1-3-5-10-9-14(7-8-16-10)12(15)11(13)6-4-2/h10-11H,3-9,13H2,1-2H3. The first-order valence-electron chi connectivity index (χ1n) is 6.35. The molecule has 0 saturated carbocycles. The van der Waals surface area contributed by atoms with Crippen LogP contribution in [0.5, 0.6) is 0 Å². The van der Waals surface area contributed by atoms with Gasteiger partial charge in [0.2, 0.25) is 5.91 Å². The van der Waals surface area contributed by atoms with Gasteiger partial charge in [-0.3, -0.25) is 4.79 Å². The van der Waals surface area contributed by atoms with Gasteiger partial charge in [0, 0.05) is 13.1 Å². The van der Waals surface area contributed by atoms with Gasteiger partial charge >= 0.3 is 0 Å². The molecule has 1 rings (SSSR count). The molecular weight excluding hydrogens is 204 g/mol. The second kappa shape index (κ2) is 6.86. The number of nitrogens with two attached hydrogens (primary N) is 1. The van der Waals surface area contributed by atoms with Crippen LogP contribution < -0.4 is 5.73 Å². The summed E-state index contributed by atoms with van der Waals surface area (Å²) in [4.78, 5) is 13.8. The highest BCUT2D eigenvalue weighted by molar-refractivity contribution is 5.81. The maximum Gasteiger partial charge on any atom is 0.239 e. The Hall–Kier alpha value is -0.610. The molecular formula is C12H24N2O2. The van der Waals surface area contributed by atoms with Crippen molar-refractivity contribution in [2.75, 3.05) is 19.7 Å². The first kappa shape index (κ1) is 13.5. The number of carbonyl (C=O) groups excluding carboxylic acids is 1. The van der Waals surface area contributed by atoms with Gasteiger partial charge in [-0.15, -0.1) is 0 Å². The third kappa shape index (κ3) is 3.76. The molecule has 1 aliphatic heterocycles. The fourth-order valence-electron chi connectivity index (χ4n) is 2.09. The van der Waals surface area contributed by atoms with E-state index in [1.54, 1.807) is 0 Å². The monoisotopic (exact) mass is 228 g/mol. The van der Waals surface area contributed by atoms with Crippen LogP contribution in [0.2, 0.25) is 0 Å². The number of morpholine rings is 1. The molecule has 0 bridgehead atoms. The summed E-state index contributed by atoms with van der Waals surface area (Å²) < 4.78 is 5.60. The zero-order valence-corrected chi connectivity index (χ0v) is 10.4. The van der Waals surface area contributed by atoms with Gasteiger partial charge in [0.1, 0.15) is 0 Å². The predicted octanol–water partition coefficient (Wildman–Crippen LogP) is 1.14. The van der Waals surface area contributed by atoms with E-state index in [9.17, 15) is 4.79 Å². The fourth-order valence-corrected chi connectivity index (χ4v) is 2.09. The van der Waals surface area contributed by atoms with E-state index in [-0.39, 0.29) is 18.1 Å². The zero-order chi connectivity index (χ0) is 12.0. The predicted molar refractivity (Wildman–Crippen MR) is 64.1 cm³/mol. The molecule has 1 fully saturated rings. The van der Waals surface area contributed by atoms with Gasteiger partial charge in [0.05, 0.1) is 18.8 Å². The molecule has 0 aromatic carbocycles. The van der Waals surface area contributed by atoms with Crippen LogP contribution in [0.25, 0.3) is 0 Å². The van der Waals surface area contributed by atoms with Crippen molar-refractivity contribution < 1.29 is 9.53 Å². The summed E-state index contributed by atoms with van der Waals surface area (Å²) in [5.41, 5.74) is 5.85. The van der Waals surface area contributed by atoms with Gasteiger partial charge in [-0.2, -0.15) is 0 Å². The van der Waals surface area contributed by atoms with Gasteiger partial charge < -0.3 is 15.4 Å². The molecule has 2 N–H and O–H groups in total. The van der Waals surface area contributed by atoms with E-state index < -0.39 is 0 Å². The van der Waals surface area contributed by atoms with Crippen molar-refractivity contribution in [3.63, 3.8) is 0 Å². The smallest absolute Gasteiger partial charge is 0.239 e. The van der Waals surface area contributed by atoms with Crippen LogP contribution in [0, 0.1) is 0 Å². The quantitative estimate of drug-likeness (QED) is 0.767. The van der Waals surface area contributed by atoms with E-state index in [4.69, 9.17) is 10.5 Å². The molecule has 1 aliphatic rings. The van der Waals surface area contributed by atoms with Crippen LogP contribution in [-0.4, -0.2) is 42.6 Å². The van der Waals surface area contributed by atoms with Crippen LogP contribution >= 0.6 is 0 Å². The highest BCUT2D eigenvalue weighted by Crippen LogP contribution is 2.12. The Balaban J connectivity index is 2.43. The summed E-state index contributed by atoms with van der Waals surface area (Å²) >= 11 is 0. The van der Waals surface area contributed by atoms with Crippen molar-refractivity contribution in [1.29, 1.82) is 0 Å². The van der Waals surface area contributed by atoms with Gasteiger partial charge in [-0.25, -0.2) is 0 Å².